The number of non-ortho nitro benzene ring substituents is 1. The zero-order valence-electron chi connectivity index (χ0n) is 59.6. The van der Waals surface area contributed by atoms with Crippen molar-refractivity contribution in [2.45, 2.75) is 94.8 Å². The van der Waals surface area contributed by atoms with E-state index in [1.165, 1.54) is 44.6 Å². The summed E-state index contributed by atoms with van der Waals surface area (Å²) in [5.41, 5.74) is 5.80. The van der Waals surface area contributed by atoms with Gasteiger partial charge in [-0.1, -0.05) is 11.3 Å². The average Bonchev–Trinajstić information content (AvgIpc) is 0.769. The van der Waals surface area contributed by atoms with Crippen molar-refractivity contribution < 1.29 is 72.6 Å². The number of fused-ring (bicyclic) bond motifs is 2. The monoisotopic (exact) mass is 1430 g/mol. The number of aliphatic hydroxyl groups excluding tert-OH is 3. The number of hydrogen-bond acceptors (Lipinski definition) is 25. The number of unbranched alkanes of at least 4 members (excludes halogenated alkanes) is 1. The molecule has 3 amide bonds. The van der Waals surface area contributed by atoms with Crippen LogP contribution >= 0.6 is 0 Å². The van der Waals surface area contributed by atoms with Gasteiger partial charge in [-0.15, -0.1) is 15.3 Å². The standard InChI is InChI=1S/C73H89N15O16/c1-83(2)33-11-10-15-57(76-70(93)45-17-28-53(56(37-45)72(95)96)66-54-29-26-51(84(3)4)38-60(54)103-61-39-52(85(5)6)27-30-55(61)66)71(94)75-31-13-35-87-42-48(79-82-87)43-101-44-64-67(90)68(91)69(92)73(104-64)102-36-14-32-74-65(89)16-12-34-86(7)49-22-18-46(19-23-49)77-80-58-40-63(100-9)59(41-62(58)99-8)81-78-47-20-24-50(25-21-47)88(97)98/h17-30,37-42,57,64,67-69,73,90-92H,10-16,31-36,43-44H2,1-9H3,(H3-,74,75,76,89,93,94,95,96)/b80-77+,81-78+/t57-,64+,67+,68-,69+,73+/m0/s1. The number of ether oxygens (including phenoxy) is 5. The lowest BCUT2D eigenvalue weighted by Crippen LogP contribution is -2.59. The fourth-order valence-corrected chi connectivity index (χ4v) is 11.5. The summed E-state index contributed by atoms with van der Waals surface area (Å²) in [4.78, 5) is 70.2. The molecule has 552 valence electrons. The number of amides is 3. The van der Waals surface area contributed by atoms with Crippen LogP contribution in [0.2, 0.25) is 0 Å². The van der Waals surface area contributed by atoms with E-state index in [0.717, 1.165) is 29.7 Å². The van der Waals surface area contributed by atoms with Crippen LogP contribution in [0.5, 0.6) is 11.5 Å². The van der Waals surface area contributed by atoms with Crippen LogP contribution in [0.1, 0.15) is 71.4 Å². The lowest BCUT2D eigenvalue weighted by molar-refractivity contribution is -0.384. The van der Waals surface area contributed by atoms with Gasteiger partial charge in [0.25, 0.3) is 11.6 Å². The Kier molecular flexibility index (Phi) is 27.5. The van der Waals surface area contributed by atoms with Gasteiger partial charge in [0.2, 0.25) is 17.2 Å². The molecule has 3 heterocycles. The maximum atomic E-state index is 14.1. The van der Waals surface area contributed by atoms with Gasteiger partial charge in [0.1, 0.15) is 84.5 Å². The molecule has 3 aliphatic rings. The Morgan fingerprint density at radius 1 is 0.731 bits per heavy atom. The predicted molar refractivity (Wildman–Crippen MR) is 385 cm³/mol. The van der Waals surface area contributed by atoms with E-state index in [9.17, 15) is 49.7 Å². The number of anilines is 2. The third-order valence-electron chi connectivity index (χ3n) is 17.3. The van der Waals surface area contributed by atoms with Crippen molar-refractivity contribution in [3.05, 3.63) is 154 Å². The second kappa shape index (κ2) is 37.0. The van der Waals surface area contributed by atoms with E-state index in [1.54, 1.807) is 47.3 Å². The smallest absolute Gasteiger partial charge is 0.269 e. The first-order chi connectivity index (χ1) is 50.0. The summed E-state index contributed by atoms with van der Waals surface area (Å²) in [7, 11) is 16.4. The Balaban J connectivity index is 0.683. The number of carbonyl (C=O) groups is 4. The van der Waals surface area contributed by atoms with Gasteiger partial charge in [-0.3, -0.25) is 29.2 Å². The van der Waals surface area contributed by atoms with Crippen molar-refractivity contribution in [1.82, 2.24) is 40.4 Å². The van der Waals surface area contributed by atoms with E-state index in [2.05, 4.69) is 46.7 Å². The van der Waals surface area contributed by atoms with Crippen molar-refractivity contribution in [2.24, 2.45) is 20.5 Å². The number of hydrogen-bond donors (Lipinski definition) is 6. The molecule has 0 spiro atoms. The lowest BCUT2D eigenvalue weighted by Gasteiger charge is -2.40. The van der Waals surface area contributed by atoms with Crippen molar-refractivity contribution in [3.8, 4) is 33.9 Å². The summed E-state index contributed by atoms with van der Waals surface area (Å²) < 4.78 is 38.4. The molecule has 0 unspecified atom stereocenters. The van der Waals surface area contributed by atoms with E-state index in [0.29, 0.717) is 119 Å². The van der Waals surface area contributed by atoms with Crippen LogP contribution in [0.25, 0.3) is 33.4 Å². The zero-order valence-corrected chi connectivity index (χ0v) is 59.6. The minimum atomic E-state index is -1.60. The number of azo groups is 2. The zero-order chi connectivity index (χ0) is 74.6. The Hall–Kier alpha value is -10.7. The first kappa shape index (κ1) is 77.5. The van der Waals surface area contributed by atoms with Gasteiger partial charge >= 0.3 is 0 Å². The number of nitro benzene ring substituents is 1. The predicted octanol–water partition coefficient (Wildman–Crippen LogP) is 6.81. The lowest BCUT2D eigenvalue weighted by atomic mass is 9.89. The Morgan fingerprint density at radius 3 is 2.06 bits per heavy atom. The van der Waals surface area contributed by atoms with Gasteiger partial charge < -0.3 is 84.0 Å². The number of rotatable bonds is 36. The molecule has 0 bridgehead atoms. The molecule has 6 aromatic rings. The number of aromatic carboxylic acids is 1. The molecule has 104 heavy (non-hydrogen) atoms. The molecule has 1 aliphatic carbocycles. The summed E-state index contributed by atoms with van der Waals surface area (Å²) in [6.07, 6.45) is -2.08. The van der Waals surface area contributed by atoms with Crippen LogP contribution in [0.3, 0.4) is 0 Å². The van der Waals surface area contributed by atoms with Crippen molar-refractivity contribution in [1.29, 1.82) is 0 Å². The van der Waals surface area contributed by atoms with Gasteiger partial charge in [-0.2, -0.15) is 10.2 Å². The van der Waals surface area contributed by atoms with Crippen LogP contribution < -0.4 is 50.3 Å². The molecule has 0 radical (unpaired) electrons. The van der Waals surface area contributed by atoms with Crippen LogP contribution in [-0.2, 0) is 37.0 Å². The molecule has 9 rings (SSSR count). The molecule has 1 aromatic heterocycles. The van der Waals surface area contributed by atoms with Crippen LogP contribution in [-0.4, -0.2) is 204 Å². The highest BCUT2D eigenvalue weighted by Crippen LogP contribution is 2.44. The van der Waals surface area contributed by atoms with Crippen LogP contribution in [0.15, 0.2) is 146 Å². The minimum Gasteiger partial charge on any atom is -0.545 e. The number of carboxylic acid groups (broad SMARTS) is 1. The highest BCUT2D eigenvalue weighted by atomic mass is 16.7. The number of carboxylic acids is 1. The Labute approximate surface area is 600 Å². The molecule has 31 heteroatoms. The molecule has 2 aliphatic heterocycles. The molecular formula is C73H89N15O16. The second-order valence-electron chi connectivity index (χ2n) is 25.6. The van der Waals surface area contributed by atoms with Gasteiger partial charge in [0.15, 0.2) is 6.29 Å². The Morgan fingerprint density at radius 2 is 1.40 bits per heavy atom. The number of methoxy groups -OCH3 is 2. The summed E-state index contributed by atoms with van der Waals surface area (Å²) >= 11 is 0. The molecule has 0 saturated carbocycles. The Bertz CT molecular complexity index is 4370. The first-order valence-corrected chi connectivity index (χ1v) is 34.0. The summed E-state index contributed by atoms with van der Waals surface area (Å²) in [5.74, 6) is -1.44. The van der Waals surface area contributed by atoms with E-state index in [4.69, 9.17) is 28.1 Å². The summed E-state index contributed by atoms with van der Waals surface area (Å²) in [5, 5.41) is 91.9. The summed E-state index contributed by atoms with van der Waals surface area (Å²) in [6, 6.07) is 31.1. The summed E-state index contributed by atoms with van der Waals surface area (Å²) in [6.45, 7) is 2.00. The topological polar surface area (TPSA) is 383 Å². The van der Waals surface area contributed by atoms with Crippen LogP contribution in [0.4, 0.5) is 39.8 Å². The van der Waals surface area contributed by atoms with Crippen LogP contribution in [0, 0.1) is 10.1 Å². The first-order valence-electron chi connectivity index (χ1n) is 34.0. The molecule has 31 nitrogen and oxygen atoms in total. The minimum absolute atomic E-state index is 0.0342. The van der Waals surface area contributed by atoms with E-state index >= 15 is 0 Å². The van der Waals surface area contributed by atoms with Crippen molar-refractivity contribution in [3.63, 3.8) is 0 Å². The number of nitrogens with one attached hydrogen (secondary N) is 3. The highest BCUT2D eigenvalue weighted by molar-refractivity contribution is 6.09. The third-order valence-corrected chi connectivity index (χ3v) is 17.3. The van der Waals surface area contributed by atoms with Gasteiger partial charge in [0, 0.05) is 129 Å². The number of aliphatic hydroxyl groups is 3. The number of aromatic nitrogens is 3. The number of aryl methyl sites for hydroxylation is 1. The van der Waals surface area contributed by atoms with Gasteiger partial charge in [0.05, 0.1) is 68.6 Å². The molecule has 5 aromatic carbocycles. The molecular weight excluding hydrogens is 1340 g/mol. The molecule has 6 N–H and O–H groups in total. The SMILES string of the molecule is COc1cc(/N=N/c2ccc([N+](=O)[O-])cc2)c(OC)cc1/N=N/c1ccc(N(C)CCCC(=O)NCCCO[C@@H]2O[C@H](COCc3cn(CCCNC(=O)[C@H](CCCCN(C)C)NC(=O)c4ccc(-c5c6ccc(=[N+](C)C)cc-6oc6cc(N(C)C)ccc56)c(C(=O)[O-])c4)nn3)[C@@H](O)[C@H](O)[C@H]2O)cc1. The van der Waals surface area contributed by atoms with Gasteiger partial charge in [-0.05, 0) is 131 Å². The molecule has 1 saturated heterocycles. The largest absolute Gasteiger partial charge is 0.545 e. The normalized spacial score (nSPS) is 16.3. The number of nitrogens with zero attached hydrogens (tertiary/aromatic N) is 12. The third kappa shape index (κ3) is 20.8. The highest BCUT2D eigenvalue weighted by Gasteiger charge is 2.44. The molecule has 1 fully saturated rings. The number of benzene rings is 6. The van der Waals surface area contributed by atoms with E-state index < -0.39 is 59.5 Å². The van der Waals surface area contributed by atoms with E-state index in [-0.39, 0.29) is 62.1 Å². The quantitative estimate of drug-likeness (QED) is 0.00586. The van der Waals surface area contributed by atoms with E-state index in [1.807, 2.05) is 117 Å². The van der Waals surface area contributed by atoms with Gasteiger partial charge in [-0.25, -0.2) is 4.58 Å². The van der Waals surface area contributed by atoms with Crippen molar-refractivity contribution >= 4 is 74.5 Å². The average molecular weight is 1430 g/mol. The maximum Gasteiger partial charge on any atom is 0.269 e. The number of carbonyl (C=O) groups excluding carboxylic acids is 4. The number of nitro groups is 1. The molecule has 6 atom stereocenters. The second-order valence-corrected chi connectivity index (χ2v) is 25.6. The maximum absolute atomic E-state index is 14.1. The fourth-order valence-electron chi connectivity index (χ4n) is 11.5. The van der Waals surface area contributed by atoms with Crippen molar-refractivity contribution in [2.75, 3.05) is 113 Å². The fraction of sp³-hybridized carbons (Fsp3) is 0.411.